The average molecular weight is 1170 g/mol. The average Bonchev–Trinajstić information content (AvgIpc) is 0.869. The lowest BCUT2D eigenvalue weighted by Crippen LogP contribution is -2.61. The normalized spacial score (nSPS) is 13.4. The molecule has 0 spiro atoms. The Hall–Kier alpha value is -9.52. The summed E-state index contributed by atoms with van der Waals surface area (Å²) < 4.78 is 8.97. The highest BCUT2D eigenvalue weighted by Gasteiger charge is 2.45. The molecule has 2 aliphatic heterocycles. The zero-order chi connectivity index (χ0) is 62.5. The highest BCUT2D eigenvalue weighted by molar-refractivity contribution is 7.00. The van der Waals surface area contributed by atoms with Gasteiger partial charge in [-0.2, -0.15) is 0 Å². The summed E-state index contributed by atoms with van der Waals surface area (Å²) >= 11 is 0. The van der Waals surface area contributed by atoms with Crippen molar-refractivity contribution in [3.63, 3.8) is 0 Å². The van der Waals surface area contributed by atoms with Crippen molar-refractivity contribution in [1.29, 1.82) is 0 Å². The van der Waals surface area contributed by atoms with Crippen LogP contribution in [0.5, 0.6) is 0 Å². The summed E-state index contributed by atoms with van der Waals surface area (Å²) in [5, 5.41) is 4.72. The van der Waals surface area contributed by atoms with Crippen molar-refractivity contribution in [3.8, 4) is 16.8 Å². The second-order valence-corrected chi connectivity index (χ2v) is 29.6. The molecule has 0 saturated carbocycles. The molecule has 13 aromatic rings. The topological polar surface area (TPSA) is 27.8 Å². The molecule has 2 aromatic heterocycles. The molecule has 0 fully saturated rings. The molecule has 11 aromatic carbocycles. The van der Waals surface area contributed by atoms with Gasteiger partial charge in [0, 0.05) is 78.4 Å². The molecule has 90 heavy (non-hydrogen) atoms. The summed E-state index contributed by atoms with van der Waals surface area (Å²) in [5.74, 6) is 0. The minimum atomic E-state index is -0.200. The molecule has 0 atom stereocenters. The van der Waals surface area contributed by atoms with Crippen molar-refractivity contribution in [2.75, 3.05) is 14.7 Å². The number of hydrogen-bond acceptors (Lipinski definition) is 4. The number of fused-ring (bicyclic) bond motifs is 10. The van der Waals surface area contributed by atoms with Crippen molar-refractivity contribution in [2.45, 2.75) is 119 Å². The molecule has 0 bridgehead atoms. The van der Waals surface area contributed by atoms with Gasteiger partial charge in [-0.25, -0.2) is 0 Å². The monoisotopic (exact) mass is 1170 g/mol. The van der Waals surface area contributed by atoms with Gasteiger partial charge in [0.15, 0.2) is 0 Å². The van der Waals surface area contributed by atoms with Crippen LogP contribution in [0.15, 0.2) is 229 Å². The Morgan fingerprint density at radius 3 is 1.54 bits per heavy atom. The fourth-order valence-electron chi connectivity index (χ4n) is 14.6. The molecule has 6 heteroatoms. The quantitative estimate of drug-likeness (QED) is 0.149. The van der Waals surface area contributed by atoms with Crippen LogP contribution in [0.4, 0.5) is 51.2 Å². The number of aromatic nitrogens is 1. The Bertz CT molecular complexity index is 4990. The van der Waals surface area contributed by atoms with Gasteiger partial charge in [0.25, 0.3) is 6.71 Å². The van der Waals surface area contributed by atoms with E-state index in [2.05, 4.69) is 335 Å². The smallest absolute Gasteiger partial charge is 0.252 e. The Morgan fingerprint density at radius 2 is 0.878 bits per heavy atom. The fraction of sp³-hybridized carbons (Fsp3) is 0.214. The van der Waals surface area contributed by atoms with Gasteiger partial charge in [-0.1, -0.05) is 192 Å². The lowest BCUT2D eigenvalue weighted by atomic mass is 9.33. The van der Waals surface area contributed by atoms with Crippen LogP contribution < -0.4 is 31.1 Å². The van der Waals surface area contributed by atoms with E-state index in [1.54, 1.807) is 0 Å². The molecule has 444 valence electrons. The van der Waals surface area contributed by atoms with Crippen molar-refractivity contribution in [2.24, 2.45) is 0 Å². The van der Waals surface area contributed by atoms with Gasteiger partial charge < -0.3 is 23.7 Å². The Balaban J connectivity index is 1.01. The first-order valence-corrected chi connectivity index (χ1v) is 32.2. The van der Waals surface area contributed by atoms with Gasteiger partial charge in [-0.15, -0.1) is 0 Å². The molecule has 2 aliphatic rings. The maximum Gasteiger partial charge on any atom is 0.252 e. The van der Waals surface area contributed by atoms with Gasteiger partial charge in [-0.3, -0.25) is 0 Å². The third-order valence-corrected chi connectivity index (χ3v) is 19.4. The van der Waals surface area contributed by atoms with Crippen LogP contribution in [-0.2, 0) is 21.7 Å². The molecule has 0 N–H and O–H groups in total. The van der Waals surface area contributed by atoms with Crippen LogP contribution in [0.1, 0.15) is 116 Å². The highest BCUT2D eigenvalue weighted by atomic mass is 16.3. The molecule has 5 nitrogen and oxygen atoms in total. The first kappa shape index (κ1) is 57.0. The molecule has 0 aliphatic carbocycles. The van der Waals surface area contributed by atoms with Crippen molar-refractivity contribution in [1.82, 2.24) is 4.57 Å². The van der Waals surface area contributed by atoms with E-state index in [4.69, 9.17) is 4.42 Å². The number of aryl methyl sites for hydroxylation is 2. The first-order chi connectivity index (χ1) is 43.0. The van der Waals surface area contributed by atoms with E-state index in [9.17, 15) is 0 Å². The first-order valence-electron chi connectivity index (χ1n) is 32.2. The summed E-state index contributed by atoms with van der Waals surface area (Å²) in [5.41, 5.74) is 29.1. The third-order valence-electron chi connectivity index (χ3n) is 19.4. The van der Waals surface area contributed by atoms with E-state index >= 15 is 0 Å². The number of benzene rings is 11. The van der Waals surface area contributed by atoms with Gasteiger partial charge in [0.2, 0.25) is 0 Å². The number of hydrogen-bond donors (Lipinski definition) is 0. The minimum Gasteiger partial charge on any atom is -0.456 e. The van der Waals surface area contributed by atoms with Crippen LogP contribution in [0.3, 0.4) is 0 Å². The van der Waals surface area contributed by atoms with E-state index in [-0.39, 0.29) is 28.4 Å². The Kier molecular flexibility index (Phi) is 13.0. The predicted molar refractivity (Wildman–Crippen MR) is 386 cm³/mol. The maximum atomic E-state index is 6.54. The van der Waals surface area contributed by atoms with E-state index in [1.165, 1.54) is 88.7 Å². The molecule has 15 rings (SSSR count). The maximum absolute atomic E-state index is 6.54. The highest BCUT2D eigenvalue weighted by Crippen LogP contribution is 2.50. The summed E-state index contributed by atoms with van der Waals surface area (Å²) in [6.45, 7) is 32.4. The van der Waals surface area contributed by atoms with E-state index in [1.807, 2.05) is 6.07 Å². The lowest BCUT2D eigenvalue weighted by molar-refractivity contribution is 0.589. The third kappa shape index (κ3) is 9.35. The molecule has 0 unspecified atom stereocenters. The number of furan rings is 1. The largest absolute Gasteiger partial charge is 0.456 e. The number of anilines is 9. The van der Waals surface area contributed by atoms with Gasteiger partial charge in [0.05, 0.1) is 11.0 Å². The zero-order valence-corrected chi connectivity index (χ0v) is 54.6. The molecule has 0 saturated heterocycles. The van der Waals surface area contributed by atoms with Gasteiger partial charge >= 0.3 is 0 Å². The van der Waals surface area contributed by atoms with Gasteiger partial charge in [0.1, 0.15) is 11.2 Å². The second kappa shape index (κ2) is 20.5. The fourth-order valence-corrected chi connectivity index (χ4v) is 14.6. The Labute approximate surface area is 531 Å². The number of rotatable bonds is 7. The molecular weight excluding hydrogens is 1090 g/mol. The van der Waals surface area contributed by atoms with E-state index < -0.39 is 0 Å². The molecule has 0 amide bonds. The van der Waals surface area contributed by atoms with Crippen LogP contribution in [0, 0.1) is 13.8 Å². The van der Waals surface area contributed by atoms with Gasteiger partial charge in [-0.05, 0) is 212 Å². The molecule has 0 radical (unpaired) electrons. The van der Waals surface area contributed by atoms with Crippen molar-refractivity contribution in [3.05, 3.63) is 258 Å². The van der Waals surface area contributed by atoms with Crippen molar-refractivity contribution >= 4 is 118 Å². The second-order valence-electron chi connectivity index (χ2n) is 29.6. The summed E-state index contributed by atoms with van der Waals surface area (Å²) in [6, 6.07) is 85.2. The number of para-hydroxylation sites is 3. The standard InChI is InChI=1S/C84H79BN4O/c1-52-44-64(45-53(2)79(52)54-28-40-68-67-25-19-21-27-77(67)90-78(68)46-54)89-74-51-63(86(60-34-29-55(30-35-60)81(3,4)5)62-38-41-66-65-24-18-20-26-71(65)87(73(66)50-62)59-22-16-15-17-23-59)39-42-69(74)85-70-47-57(83(9,10)11)33-43-72(70)88(61-36-31-56(32-37-61)82(6,7)8)75-48-58(84(12,13)14)49-76(89)80(75)85/h15-51H,1-14H3. The van der Waals surface area contributed by atoms with Crippen LogP contribution >= 0.6 is 0 Å². The predicted octanol–water partition coefficient (Wildman–Crippen LogP) is 21.7. The van der Waals surface area contributed by atoms with Crippen LogP contribution in [0.25, 0.3) is 60.6 Å². The summed E-state index contributed by atoms with van der Waals surface area (Å²) in [7, 11) is 0. The van der Waals surface area contributed by atoms with Crippen LogP contribution in [0.2, 0.25) is 0 Å². The summed E-state index contributed by atoms with van der Waals surface area (Å²) in [6.07, 6.45) is 0. The SMILES string of the molecule is Cc1cc(N2c3cc(N(c4ccc(C(C)(C)C)cc4)c4ccc5c6ccccc6n(-c6ccccc6)c5c4)ccc3B3c4cc(C(C)(C)C)ccc4N(c4ccc(C(C)(C)C)cc4)c4cc(C(C)(C)C)cc2c43)cc(C)c1-c1ccc2c(c1)oc1ccccc12. The zero-order valence-electron chi connectivity index (χ0n) is 54.6. The van der Waals surface area contributed by atoms with E-state index in [0.29, 0.717) is 0 Å². The summed E-state index contributed by atoms with van der Waals surface area (Å²) in [4.78, 5) is 7.71. The Morgan fingerprint density at radius 1 is 0.344 bits per heavy atom. The molecular formula is C84H79BN4O. The van der Waals surface area contributed by atoms with E-state index in [0.717, 1.165) is 72.8 Å². The minimum absolute atomic E-state index is 0.00573. The number of nitrogens with zero attached hydrogens (tertiary/aromatic N) is 4. The van der Waals surface area contributed by atoms with Crippen molar-refractivity contribution < 1.29 is 4.42 Å². The molecule has 4 heterocycles. The lowest BCUT2D eigenvalue weighted by Gasteiger charge is -2.46. The van der Waals surface area contributed by atoms with Crippen LogP contribution in [-0.4, -0.2) is 11.3 Å².